The molecule has 2 aliphatic rings. The van der Waals surface area contributed by atoms with Crippen LogP contribution in [-0.2, 0) is 14.3 Å². The van der Waals surface area contributed by atoms with E-state index in [9.17, 15) is 27.9 Å². The fraction of sp³-hybridized carbons (Fsp3) is 0.636. The Balaban J connectivity index is 2.33. The van der Waals surface area contributed by atoms with Crippen molar-refractivity contribution >= 4 is 11.7 Å². The third-order valence-electron chi connectivity index (χ3n) is 3.20. The Labute approximate surface area is 106 Å². The highest BCUT2D eigenvalue weighted by Gasteiger charge is 2.65. The molecule has 0 saturated carbocycles. The second-order valence-electron chi connectivity index (χ2n) is 4.70. The fourth-order valence-corrected chi connectivity index (χ4v) is 2.11. The standard InChI is InChI=1S/C11H12F3NO4/c1-10(13)8(18)11(14,5-12)19-9(10)15-3-2-6(16)4-7(15)17/h2-3,8-9,18H,4-5H2,1H3/t8-,9+,10+,11+/m0/s1. The van der Waals surface area contributed by atoms with Crippen molar-refractivity contribution in [2.45, 2.75) is 37.2 Å². The van der Waals surface area contributed by atoms with Crippen molar-refractivity contribution in [3.8, 4) is 0 Å². The quantitative estimate of drug-likeness (QED) is 0.742. The van der Waals surface area contributed by atoms with E-state index in [0.29, 0.717) is 4.90 Å². The SMILES string of the molecule is C[C@]1(F)[C@H](N2C=CC(=O)CC2=O)O[C@](F)(CF)[C@H]1O. The van der Waals surface area contributed by atoms with Gasteiger partial charge < -0.3 is 9.84 Å². The van der Waals surface area contributed by atoms with Crippen LogP contribution in [0, 0.1) is 0 Å². The summed E-state index contributed by atoms with van der Waals surface area (Å²) in [6.07, 6.45) is -2.79. The van der Waals surface area contributed by atoms with Crippen molar-refractivity contribution in [2.24, 2.45) is 0 Å². The summed E-state index contributed by atoms with van der Waals surface area (Å²) in [5.41, 5.74) is -2.71. The van der Waals surface area contributed by atoms with Crippen LogP contribution >= 0.6 is 0 Å². The van der Waals surface area contributed by atoms with Gasteiger partial charge in [-0.2, -0.15) is 0 Å². The van der Waals surface area contributed by atoms with Gasteiger partial charge >= 0.3 is 0 Å². The molecule has 0 radical (unpaired) electrons. The van der Waals surface area contributed by atoms with Crippen molar-refractivity contribution in [3.05, 3.63) is 12.3 Å². The molecule has 19 heavy (non-hydrogen) atoms. The Morgan fingerprint density at radius 2 is 2.16 bits per heavy atom. The van der Waals surface area contributed by atoms with Gasteiger partial charge in [0, 0.05) is 6.20 Å². The van der Waals surface area contributed by atoms with E-state index in [2.05, 4.69) is 4.74 Å². The van der Waals surface area contributed by atoms with Crippen LogP contribution in [0.15, 0.2) is 12.3 Å². The van der Waals surface area contributed by atoms with E-state index >= 15 is 0 Å². The number of amides is 1. The molecule has 0 aliphatic carbocycles. The van der Waals surface area contributed by atoms with Crippen LogP contribution in [0.2, 0.25) is 0 Å². The maximum Gasteiger partial charge on any atom is 0.269 e. The molecule has 2 heterocycles. The summed E-state index contributed by atoms with van der Waals surface area (Å²) >= 11 is 0. The lowest BCUT2D eigenvalue weighted by Gasteiger charge is -2.32. The highest BCUT2D eigenvalue weighted by Crippen LogP contribution is 2.44. The number of rotatable bonds is 2. The van der Waals surface area contributed by atoms with Gasteiger partial charge in [0.1, 0.15) is 0 Å². The zero-order chi connectivity index (χ0) is 14.4. The molecule has 0 aromatic rings. The minimum absolute atomic E-state index is 0.489. The predicted octanol–water partition coefficient (Wildman–Crippen LogP) is 0.382. The third kappa shape index (κ3) is 2.04. The number of halogens is 3. The number of allylic oxidation sites excluding steroid dienone is 1. The van der Waals surface area contributed by atoms with Crippen molar-refractivity contribution in [3.63, 3.8) is 0 Å². The van der Waals surface area contributed by atoms with Crippen LogP contribution in [0.25, 0.3) is 0 Å². The lowest BCUT2D eigenvalue weighted by molar-refractivity contribution is -0.203. The van der Waals surface area contributed by atoms with Gasteiger partial charge in [-0.3, -0.25) is 14.5 Å². The highest BCUT2D eigenvalue weighted by atomic mass is 19.2. The molecule has 0 bridgehead atoms. The highest BCUT2D eigenvalue weighted by molar-refractivity contribution is 6.06. The van der Waals surface area contributed by atoms with Gasteiger partial charge in [0.05, 0.1) is 6.42 Å². The lowest BCUT2D eigenvalue weighted by Crippen LogP contribution is -2.51. The van der Waals surface area contributed by atoms with Crippen LogP contribution in [0.3, 0.4) is 0 Å². The number of carbonyl (C=O) groups is 2. The second kappa shape index (κ2) is 4.31. The number of alkyl halides is 3. The van der Waals surface area contributed by atoms with E-state index < -0.39 is 48.6 Å². The molecule has 1 N–H and O–H groups in total. The molecular formula is C11H12F3NO4. The summed E-state index contributed by atoms with van der Waals surface area (Å²) in [6.45, 7) is -0.953. The first-order valence-electron chi connectivity index (χ1n) is 5.54. The molecule has 106 valence electrons. The first-order valence-corrected chi connectivity index (χ1v) is 5.54. The number of nitrogens with zero attached hydrogens (tertiary/aromatic N) is 1. The number of ketones is 1. The molecule has 2 rings (SSSR count). The Morgan fingerprint density at radius 3 is 2.63 bits per heavy atom. The average molecular weight is 279 g/mol. The number of hydrogen-bond donors (Lipinski definition) is 1. The summed E-state index contributed by atoms with van der Waals surface area (Å²) in [7, 11) is 0. The second-order valence-corrected chi connectivity index (χ2v) is 4.70. The van der Waals surface area contributed by atoms with E-state index in [1.807, 2.05) is 0 Å². The number of carbonyl (C=O) groups excluding carboxylic acids is 2. The Bertz CT molecular complexity index is 453. The average Bonchev–Trinajstić information content (AvgIpc) is 2.51. The summed E-state index contributed by atoms with van der Waals surface area (Å²) in [5, 5.41) is 9.47. The first kappa shape index (κ1) is 14.0. The molecule has 0 aromatic carbocycles. The molecule has 2 aliphatic heterocycles. The molecule has 4 atom stereocenters. The van der Waals surface area contributed by atoms with Gasteiger partial charge in [-0.1, -0.05) is 0 Å². The normalized spacial score (nSPS) is 43.1. The maximum atomic E-state index is 14.3. The number of aliphatic hydroxyl groups excluding tert-OH is 1. The summed E-state index contributed by atoms with van der Waals surface area (Å²) < 4.78 is 45.3. The van der Waals surface area contributed by atoms with Crippen molar-refractivity contribution in [2.75, 3.05) is 6.67 Å². The fourth-order valence-electron chi connectivity index (χ4n) is 2.11. The van der Waals surface area contributed by atoms with Gasteiger partial charge in [0.25, 0.3) is 5.85 Å². The van der Waals surface area contributed by atoms with Crippen molar-refractivity contribution in [1.29, 1.82) is 0 Å². The minimum atomic E-state index is -3.22. The van der Waals surface area contributed by atoms with Crippen LogP contribution in [0.1, 0.15) is 13.3 Å². The Hall–Kier alpha value is -1.41. The van der Waals surface area contributed by atoms with Gasteiger partial charge in [0.2, 0.25) is 5.91 Å². The molecule has 0 unspecified atom stereocenters. The molecule has 0 spiro atoms. The number of aliphatic hydroxyl groups is 1. The van der Waals surface area contributed by atoms with Crippen molar-refractivity contribution in [1.82, 2.24) is 4.90 Å². The Kier molecular flexibility index (Phi) is 3.18. The van der Waals surface area contributed by atoms with E-state index in [1.165, 1.54) is 0 Å². The van der Waals surface area contributed by atoms with E-state index in [4.69, 9.17) is 0 Å². The molecular weight excluding hydrogens is 267 g/mol. The third-order valence-corrected chi connectivity index (χ3v) is 3.20. The first-order chi connectivity index (χ1) is 8.72. The molecule has 1 saturated heterocycles. The maximum absolute atomic E-state index is 14.3. The largest absolute Gasteiger partial charge is 0.383 e. The van der Waals surface area contributed by atoms with E-state index in [-0.39, 0.29) is 0 Å². The topological polar surface area (TPSA) is 66.8 Å². The number of ether oxygens (including phenoxy) is 1. The van der Waals surface area contributed by atoms with E-state index in [1.54, 1.807) is 0 Å². The lowest BCUT2D eigenvalue weighted by atomic mass is 9.96. The minimum Gasteiger partial charge on any atom is -0.383 e. The summed E-state index contributed by atoms with van der Waals surface area (Å²) in [5.74, 6) is -4.52. The molecule has 5 nitrogen and oxygen atoms in total. The summed E-state index contributed by atoms with van der Waals surface area (Å²) in [4.78, 5) is 23.2. The zero-order valence-electron chi connectivity index (χ0n) is 9.98. The smallest absolute Gasteiger partial charge is 0.269 e. The van der Waals surface area contributed by atoms with Crippen LogP contribution in [0.4, 0.5) is 13.2 Å². The van der Waals surface area contributed by atoms with Gasteiger partial charge in [-0.05, 0) is 13.0 Å². The van der Waals surface area contributed by atoms with Gasteiger partial charge in [-0.25, -0.2) is 13.2 Å². The van der Waals surface area contributed by atoms with Crippen LogP contribution in [0.5, 0.6) is 0 Å². The number of hydrogen-bond acceptors (Lipinski definition) is 4. The van der Waals surface area contributed by atoms with Gasteiger partial charge in [0.15, 0.2) is 30.5 Å². The van der Waals surface area contributed by atoms with E-state index in [0.717, 1.165) is 19.2 Å². The Morgan fingerprint density at radius 1 is 1.53 bits per heavy atom. The van der Waals surface area contributed by atoms with Crippen LogP contribution < -0.4 is 0 Å². The van der Waals surface area contributed by atoms with Crippen LogP contribution in [-0.4, -0.2) is 52.2 Å². The van der Waals surface area contributed by atoms with Crippen molar-refractivity contribution < 1.29 is 32.6 Å². The predicted molar refractivity (Wildman–Crippen MR) is 55.8 cm³/mol. The molecule has 1 amide bonds. The summed E-state index contributed by atoms with van der Waals surface area (Å²) in [6, 6.07) is 0. The monoisotopic (exact) mass is 279 g/mol. The van der Waals surface area contributed by atoms with Gasteiger partial charge in [-0.15, -0.1) is 0 Å². The molecule has 1 fully saturated rings. The molecule has 0 aromatic heterocycles. The molecule has 8 heteroatoms. The zero-order valence-corrected chi connectivity index (χ0v) is 9.98.